The Bertz CT molecular complexity index is 195. The molecule has 0 aliphatic carbocycles. The Hall–Kier alpha value is -0.550. The minimum absolute atomic E-state index is 0.268. The molecule has 9 heavy (non-hydrogen) atoms. The van der Waals surface area contributed by atoms with Gasteiger partial charge in [-0.1, -0.05) is 6.92 Å². The Kier molecular flexibility index (Phi) is 2.66. The lowest BCUT2D eigenvalue weighted by molar-refractivity contribution is -0.118. The van der Waals surface area contributed by atoms with Crippen molar-refractivity contribution >= 4 is 21.7 Å². The van der Waals surface area contributed by atoms with Crippen LogP contribution in [0.5, 0.6) is 0 Å². The lowest BCUT2D eigenvalue weighted by atomic mass is 10.5. The van der Waals surface area contributed by atoms with Gasteiger partial charge in [-0.15, -0.1) is 0 Å². The minimum Gasteiger partial charge on any atom is -0.274 e. The zero-order valence-electron chi connectivity index (χ0n) is 5.22. The molecular formula is C4H10N2O2S. The molecule has 0 aliphatic rings. The molecule has 0 spiro atoms. The SMILES string of the molecule is C=S(N)(=O)NC(=O)CC. The standard InChI is InChI=1S/C4H10N2O2S/c1-3-4(7)6-9(2,5)8/h2-3H2,1H3,(H3,5,6,7,8). The van der Waals surface area contributed by atoms with Crippen LogP contribution in [0.3, 0.4) is 0 Å². The second-order valence-electron chi connectivity index (χ2n) is 1.61. The Morgan fingerprint density at radius 1 is 1.89 bits per heavy atom. The van der Waals surface area contributed by atoms with Gasteiger partial charge in [0.15, 0.2) is 0 Å². The highest BCUT2D eigenvalue weighted by Gasteiger charge is 1.98. The average Bonchev–Trinajstić information content (AvgIpc) is 1.62. The number of hydrogen-bond acceptors (Lipinski definition) is 2. The molecule has 0 radical (unpaired) electrons. The van der Waals surface area contributed by atoms with Crippen molar-refractivity contribution in [2.45, 2.75) is 13.3 Å². The fourth-order valence-electron chi connectivity index (χ4n) is 0.265. The van der Waals surface area contributed by atoms with Crippen LogP contribution in [0, 0.1) is 0 Å². The third kappa shape index (κ3) is 5.32. The second kappa shape index (κ2) is 2.84. The van der Waals surface area contributed by atoms with Gasteiger partial charge >= 0.3 is 0 Å². The van der Waals surface area contributed by atoms with E-state index in [2.05, 4.69) is 5.87 Å². The van der Waals surface area contributed by atoms with Gasteiger partial charge in [-0.25, -0.2) is 9.35 Å². The molecule has 0 aliphatic heterocycles. The van der Waals surface area contributed by atoms with E-state index in [0.29, 0.717) is 0 Å². The van der Waals surface area contributed by atoms with E-state index in [1.165, 1.54) is 0 Å². The summed E-state index contributed by atoms with van der Waals surface area (Å²) in [6.07, 6.45) is 0.268. The molecular weight excluding hydrogens is 140 g/mol. The fourth-order valence-corrected chi connectivity index (χ4v) is 0.795. The summed E-state index contributed by atoms with van der Waals surface area (Å²) < 4.78 is 12.5. The monoisotopic (exact) mass is 150 g/mol. The number of rotatable bonds is 2. The maximum atomic E-state index is 10.5. The highest BCUT2D eigenvalue weighted by Crippen LogP contribution is 1.75. The van der Waals surface area contributed by atoms with E-state index < -0.39 is 9.89 Å². The largest absolute Gasteiger partial charge is 0.274 e. The molecule has 4 nitrogen and oxygen atoms in total. The maximum absolute atomic E-state index is 10.5. The number of carbonyl (C=O) groups is 1. The van der Waals surface area contributed by atoms with E-state index in [4.69, 9.17) is 5.14 Å². The van der Waals surface area contributed by atoms with Crippen LogP contribution in [0.25, 0.3) is 0 Å². The van der Waals surface area contributed by atoms with Crippen LogP contribution in [-0.4, -0.2) is 16.0 Å². The first-order valence-electron chi connectivity index (χ1n) is 2.41. The van der Waals surface area contributed by atoms with Gasteiger partial charge in [-0.3, -0.25) is 9.52 Å². The van der Waals surface area contributed by atoms with Gasteiger partial charge in [0.2, 0.25) is 5.91 Å². The van der Waals surface area contributed by atoms with Crippen molar-refractivity contribution < 1.29 is 9.00 Å². The number of hydrogen-bond donors (Lipinski definition) is 2. The van der Waals surface area contributed by atoms with Crippen molar-refractivity contribution in [1.82, 2.24) is 4.72 Å². The van der Waals surface area contributed by atoms with Crippen molar-refractivity contribution in [3.63, 3.8) is 0 Å². The first-order chi connectivity index (χ1) is 3.95. The number of carbonyl (C=O) groups excluding carboxylic acids is 1. The Morgan fingerprint density at radius 2 is 2.33 bits per heavy atom. The number of amides is 1. The predicted molar refractivity (Wildman–Crippen MR) is 37.9 cm³/mol. The summed E-state index contributed by atoms with van der Waals surface area (Å²) in [4.78, 5) is 10.4. The van der Waals surface area contributed by atoms with Crippen molar-refractivity contribution in [3.8, 4) is 0 Å². The molecule has 54 valence electrons. The third-order valence-corrected chi connectivity index (χ3v) is 1.18. The van der Waals surface area contributed by atoms with E-state index in [0.717, 1.165) is 0 Å². The van der Waals surface area contributed by atoms with Gasteiger partial charge in [0.25, 0.3) is 0 Å². The zero-order chi connectivity index (χ0) is 7.49. The molecule has 0 heterocycles. The molecule has 0 saturated carbocycles. The summed E-state index contributed by atoms with van der Waals surface area (Å²) in [5.74, 6) is 2.68. The van der Waals surface area contributed by atoms with Gasteiger partial charge in [0.05, 0.1) is 0 Å². The van der Waals surface area contributed by atoms with Crippen LogP contribution in [0.1, 0.15) is 13.3 Å². The average molecular weight is 150 g/mol. The molecule has 1 amide bonds. The van der Waals surface area contributed by atoms with Crippen LogP contribution < -0.4 is 9.86 Å². The second-order valence-corrected chi connectivity index (χ2v) is 3.26. The first-order valence-corrected chi connectivity index (χ1v) is 4.20. The molecule has 0 aromatic heterocycles. The summed E-state index contributed by atoms with van der Waals surface area (Å²) in [7, 11) is -2.84. The summed E-state index contributed by atoms with van der Waals surface area (Å²) >= 11 is 0. The van der Waals surface area contributed by atoms with Crippen LogP contribution in [0.2, 0.25) is 0 Å². The zero-order valence-corrected chi connectivity index (χ0v) is 6.03. The minimum atomic E-state index is -2.84. The Balaban J connectivity index is 3.91. The summed E-state index contributed by atoms with van der Waals surface area (Å²) in [5, 5.41) is 4.90. The summed E-state index contributed by atoms with van der Waals surface area (Å²) in [5.41, 5.74) is 0. The lowest BCUT2D eigenvalue weighted by Crippen LogP contribution is -2.35. The first kappa shape index (κ1) is 8.45. The number of nitrogens with one attached hydrogen (secondary N) is 1. The maximum Gasteiger partial charge on any atom is 0.231 e. The Morgan fingerprint density at radius 3 is 2.44 bits per heavy atom. The molecule has 0 aromatic rings. The normalized spacial score (nSPS) is 16.2. The third-order valence-electron chi connectivity index (χ3n) is 0.608. The van der Waals surface area contributed by atoms with E-state index in [-0.39, 0.29) is 12.3 Å². The highest BCUT2D eigenvalue weighted by atomic mass is 32.2. The molecule has 5 heteroatoms. The number of nitrogens with two attached hydrogens (primary N) is 1. The quantitative estimate of drug-likeness (QED) is 0.496. The Labute approximate surface area is 54.7 Å². The molecule has 1 atom stereocenters. The molecule has 0 aromatic carbocycles. The van der Waals surface area contributed by atoms with Crippen LogP contribution in [0.4, 0.5) is 0 Å². The fraction of sp³-hybridized carbons (Fsp3) is 0.500. The van der Waals surface area contributed by atoms with Gasteiger partial charge in [0.1, 0.15) is 9.89 Å². The van der Waals surface area contributed by atoms with E-state index in [9.17, 15) is 9.00 Å². The van der Waals surface area contributed by atoms with E-state index in [1.54, 1.807) is 6.92 Å². The molecule has 0 saturated heterocycles. The topological polar surface area (TPSA) is 72.2 Å². The summed E-state index contributed by atoms with van der Waals surface area (Å²) in [6, 6.07) is 0. The molecule has 3 N–H and O–H groups in total. The van der Waals surface area contributed by atoms with Crippen LogP contribution >= 0.6 is 0 Å². The van der Waals surface area contributed by atoms with Gasteiger partial charge in [-0.05, 0) is 5.87 Å². The summed E-state index contributed by atoms with van der Waals surface area (Å²) in [6.45, 7) is 1.64. The van der Waals surface area contributed by atoms with Crippen molar-refractivity contribution in [2.24, 2.45) is 5.14 Å². The van der Waals surface area contributed by atoms with Gasteiger partial charge in [0, 0.05) is 6.42 Å². The van der Waals surface area contributed by atoms with Gasteiger partial charge in [-0.2, -0.15) is 0 Å². The smallest absolute Gasteiger partial charge is 0.231 e. The van der Waals surface area contributed by atoms with Crippen LogP contribution in [-0.2, 0) is 14.7 Å². The van der Waals surface area contributed by atoms with Gasteiger partial charge < -0.3 is 0 Å². The lowest BCUT2D eigenvalue weighted by Gasteiger charge is -2.01. The van der Waals surface area contributed by atoms with Crippen molar-refractivity contribution in [2.75, 3.05) is 0 Å². The predicted octanol–water partition coefficient (Wildman–Crippen LogP) is -0.982. The van der Waals surface area contributed by atoms with Crippen molar-refractivity contribution in [3.05, 3.63) is 0 Å². The molecule has 0 rings (SSSR count). The van der Waals surface area contributed by atoms with E-state index in [1.807, 2.05) is 4.72 Å². The molecule has 1 unspecified atom stereocenters. The molecule has 0 fully saturated rings. The van der Waals surface area contributed by atoms with Crippen molar-refractivity contribution in [1.29, 1.82) is 0 Å². The van der Waals surface area contributed by atoms with E-state index >= 15 is 0 Å². The van der Waals surface area contributed by atoms with Crippen LogP contribution in [0.15, 0.2) is 0 Å². The highest BCUT2D eigenvalue weighted by molar-refractivity contribution is 7.96. The molecule has 0 bridgehead atoms.